The van der Waals surface area contributed by atoms with E-state index in [1.807, 2.05) is 38.1 Å². The molecule has 7 nitrogen and oxygen atoms in total. The summed E-state index contributed by atoms with van der Waals surface area (Å²) in [6.07, 6.45) is 10.2. The van der Waals surface area contributed by atoms with Gasteiger partial charge in [-0.2, -0.15) is 0 Å². The van der Waals surface area contributed by atoms with Gasteiger partial charge in [0.05, 0.1) is 5.02 Å². The number of nitrogens with one attached hydrogen (secondary N) is 1. The Labute approximate surface area is 213 Å². The Morgan fingerprint density at radius 3 is 2.66 bits per heavy atom. The number of ether oxygens (including phenoxy) is 2. The van der Waals surface area contributed by atoms with Crippen LogP contribution in [0, 0.1) is 17.8 Å². The highest BCUT2D eigenvalue weighted by Crippen LogP contribution is 2.27. The molecular formula is C27H38ClN3O4. The molecule has 3 rings (SSSR count). The van der Waals surface area contributed by atoms with Crippen molar-refractivity contribution in [3.63, 3.8) is 0 Å². The number of hydrogen-bond acceptors (Lipinski definition) is 6. The van der Waals surface area contributed by atoms with Gasteiger partial charge in [0.1, 0.15) is 12.2 Å². The van der Waals surface area contributed by atoms with E-state index in [2.05, 4.69) is 24.1 Å². The summed E-state index contributed by atoms with van der Waals surface area (Å²) in [6.45, 7) is 11.0. The standard InChI is InChI=1S/C27H38ClN3O4/c1-18-5-6-19(2)24(34-27(33)31-11-9-29-10-12-31)8-7-20(3)26(35-25(32)13-18)21(4)14-22-15-23(28)17-30-16-22/h7-8,14-20,24,26,29H,5-6,9-13H2,1-4H3/b8-7+,21-14+/t18-,19+,20+,24+,26+/m1/s1. The number of carbonyl (C=O) groups excluding carboxylic acids is 2. The molecule has 1 aromatic heterocycles. The maximum atomic E-state index is 12.8. The predicted octanol–water partition coefficient (Wildman–Crippen LogP) is 5.11. The predicted molar refractivity (Wildman–Crippen MR) is 138 cm³/mol. The van der Waals surface area contributed by atoms with Crippen molar-refractivity contribution in [1.29, 1.82) is 0 Å². The molecule has 0 aliphatic carbocycles. The van der Waals surface area contributed by atoms with E-state index < -0.39 is 6.10 Å². The second-order valence-corrected chi connectivity index (χ2v) is 10.4. The Balaban J connectivity index is 1.83. The summed E-state index contributed by atoms with van der Waals surface area (Å²) in [4.78, 5) is 31.5. The van der Waals surface area contributed by atoms with E-state index in [9.17, 15) is 9.59 Å². The summed E-state index contributed by atoms with van der Waals surface area (Å²) >= 11 is 6.09. The summed E-state index contributed by atoms with van der Waals surface area (Å²) in [7, 11) is 0. The van der Waals surface area contributed by atoms with Crippen LogP contribution in [0.2, 0.25) is 5.02 Å². The molecule has 1 N–H and O–H groups in total. The molecule has 0 bridgehead atoms. The lowest BCUT2D eigenvalue weighted by molar-refractivity contribution is -0.149. The summed E-state index contributed by atoms with van der Waals surface area (Å²) < 4.78 is 12.0. The number of rotatable bonds is 3. The number of hydrogen-bond donors (Lipinski definition) is 1. The zero-order chi connectivity index (χ0) is 25.4. The van der Waals surface area contributed by atoms with E-state index in [1.165, 1.54) is 0 Å². The zero-order valence-electron chi connectivity index (χ0n) is 21.2. The van der Waals surface area contributed by atoms with Crippen molar-refractivity contribution in [2.24, 2.45) is 17.8 Å². The molecular weight excluding hydrogens is 466 g/mol. The average Bonchev–Trinajstić information content (AvgIpc) is 2.83. The third kappa shape index (κ3) is 8.36. The SMILES string of the molecule is C/C(=C\c1cncc(Cl)c1)[C@H]1OC(=O)C[C@H](C)CC[C@H](C)[C@@H](OC(=O)N2CCNCC2)/C=C/[C@@H]1C. The van der Waals surface area contributed by atoms with E-state index in [-0.39, 0.29) is 35.9 Å². The van der Waals surface area contributed by atoms with Crippen molar-refractivity contribution < 1.29 is 19.1 Å². The molecule has 1 amide bonds. The number of esters is 1. The van der Waals surface area contributed by atoms with Gasteiger partial charge in [-0.1, -0.05) is 44.5 Å². The van der Waals surface area contributed by atoms with E-state index in [4.69, 9.17) is 21.1 Å². The number of cyclic esters (lactones) is 1. The molecule has 8 heteroatoms. The van der Waals surface area contributed by atoms with Gasteiger partial charge in [-0.05, 0) is 54.9 Å². The molecule has 0 saturated carbocycles. The van der Waals surface area contributed by atoms with Crippen LogP contribution in [0.15, 0.2) is 36.2 Å². The van der Waals surface area contributed by atoms with Gasteiger partial charge in [0, 0.05) is 50.9 Å². The van der Waals surface area contributed by atoms with Gasteiger partial charge in [-0.25, -0.2) is 4.79 Å². The number of aromatic nitrogens is 1. The van der Waals surface area contributed by atoms with Crippen LogP contribution in [0.5, 0.6) is 0 Å². The molecule has 0 spiro atoms. The van der Waals surface area contributed by atoms with Gasteiger partial charge in [0.25, 0.3) is 0 Å². The van der Waals surface area contributed by atoms with Crippen LogP contribution in [0.4, 0.5) is 4.79 Å². The van der Waals surface area contributed by atoms with Gasteiger partial charge in [0.15, 0.2) is 0 Å². The normalized spacial score (nSPS) is 30.0. The monoisotopic (exact) mass is 503 g/mol. The molecule has 2 aliphatic heterocycles. The van der Waals surface area contributed by atoms with Crippen molar-refractivity contribution in [3.8, 4) is 0 Å². The average molecular weight is 504 g/mol. The first kappa shape index (κ1) is 27.2. The Hall–Kier alpha value is -2.38. The molecule has 1 saturated heterocycles. The molecule has 3 heterocycles. The van der Waals surface area contributed by atoms with E-state index >= 15 is 0 Å². The molecule has 5 atom stereocenters. The van der Waals surface area contributed by atoms with Crippen LogP contribution < -0.4 is 5.32 Å². The minimum atomic E-state index is -0.454. The first-order valence-electron chi connectivity index (χ1n) is 12.6. The van der Waals surface area contributed by atoms with Crippen molar-refractivity contribution in [2.75, 3.05) is 26.2 Å². The topological polar surface area (TPSA) is 80.8 Å². The van der Waals surface area contributed by atoms with Crippen LogP contribution in [-0.2, 0) is 14.3 Å². The highest BCUT2D eigenvalue weighted by molar-refractivity contribution is 6.30. The van der Waals surface area contributed by atoms with Crippen LogP contribution in [0.3, 0.4) is 0 Å². The summed E-state index contributed by atoms with van der Waals surface area (Å²) in [5.74, 6) is -0.00891. The number of pyridine rings is 1. The number of amides is 1. The number of piperazine rings is 1. The molecule has 0 radical (unpaired) electrons. The third-order valence-corrected chi connectivity index (χ3v) is 6.92. The third-order valence-electron chi connectivity index (χ3n) is 6.71. The van der Waals surface area contributed by atoms with Gasteiger partial charge in [0.2, 0.25) is 0 Å². The number of halogens is 1. The quantitative estimate of drug-likeness (QED) is 0.456. The lowest BCUT2D eigenvalue weighted by Crippen LogP contribution is -2.47. The second kappa shape index (κ2) is 13.1. The van der Waals surface area contributed by atoms with E-state index in [0.29, 0.717) is 24.5 Å². The molecule has 0 unspecified atom stereocenters. The lowest BCUT2D eigenvalue weighted by Gasteiger charge is -2.31. The molecule has 192 valence electrons. The largest absolute Gasteiger partial charge is 0.457 e. The molecule has 1 aromatic rings. The Kier molecular flexibility index (Phi) is 10.2. The Morgan fingerprint density at radius 1 is 1.20 bits per heavy atom. The maximum Gasteiger partial charge on any atom is 0.410 e. The highest BCUT2D eigenvalue weighted by Gasteiger charge is 2.28. The van der Waals surface area contributed by atoms with E-state index in [0.717, 1.165) is 37.1 Å². The Morgan fingerprint density at radius 2 is 1.94 bits per heavy atom. The van der Waals surface area contributed by atoms with Crippen molar-refractivity contribution in [2.45, 2.75) is 59.2 Å². The van der Waals surface area contributed by atoms with Crippen molar-refractivity contribution in [3.05, 3.63) is 46.8 Å². The molecule has 1 fully saturated rings. The second-order valence-electron chi connectivity index (χ2n) is 9.93. The first-order chi connectivity index (χ1) is 16.7. The van der Waals surface area contributed by atoms with Crippen molar-refractivity contribution >= 4 is 29.7 Å². The maximum absolute atomic E-state index is 12.8. The van der Waals surface area contributed by atoms with Gasteiger partial charge in [-0.15, -0.1) is 0 Å². The summed E-state index contributed by atoms with van der Waals surface area (Å²) in [5, 5.41) is 3.81. The number of nitrogens with zero attached hydrogens (tertiary/aromatic N) is 2. The zero-order valence-corrected chi connectivity index (χ0v) is 22.0. The summed E-state index contributed by atoms with van der Waals surface area (Å²) in [6, 6.07) is 1.82. The van der Waals surface area contributed by atoms with Crippen LogP contribution >= 0.6 is 11.6 Å². The fourth-order valence-electron chi connectivity index (χ4n) is 4.52. The Bertz CT molecular complexity index is 929. The van der Waals surface area contributed by atoms with Crippen LogP contribution in [0.1, 0.15) is 52.5 Å². The van der Waals surface area contributed by atoms with Gasteiger partial charge >= 0.3 is 12.1 Å². The van der Waals surface area contributed by atoms with Gasteiger partial charge in [-0.3, -0.25) is 9.78 Å². The minimum absolute atomic E-state index is 0.121. The fourth-order valence-corrected chi connectivity index (χ4v) is 4.71. The number of carbonyl (C=O) groups is 2. The highest BCUT2D eigenvalue weighted by atomic mass is 35.5. The van der Waals surface area contributed by atoms with E-state index in [1.54, 1.807) is 17.3 Å². The molecule has 35 heavy (non-hydrogen) atoms. The van der Waals surface area contributed by atoms with Crippen LogP contribution in [-0.4, -0.2) is 60.3 Å². The summed E-state index contributed by atoms with van der Waals surface area (Å²) in [5.41, 5.74) is 1.74. The minimum Gasteiger partial charge on any atom is -0.457 e. The lowest BCUT2D eigenvalue weighted by atomic mass is 9.90. The van der Waals surface area contributed by atoms with Crippen molar-refractivity contribution in [1.82, 2.24) is 15.2 Å². The van der Waals surface area contributed by atoms with Gasteiger partial charge < -0.3 is 19.7 Å². The molecule has 2 aliphatic rings. The van der Waals surface area contributed by atoms with Crippen LogP contribution in [0.25, 0.3) is 6.08 Å². The fraction of sp³-hybridized carbons (Fsp3) is 0.593. The molecule has 0 aromatic carbocycles. The smallest absolute Gasteiger partial charge is 0.410 e. The first-order valence-corrected chi connectivity index (χ1v) is 12.9.